The van der Waals surface area contributed by atoms with Crippen LogP contribution in [0.3, 0.4) is 0 Å². The smallest absolute Gasteiger partial charge is 0.338 e. The molecule has 0 spiro atoms. The number of anilines is 1. The van der Waals surface area contributed by atoms with Gasteiger partial charge >= 0.3 is 5.97 Å². The van der Waals surface area contributed by atoms with Crippen molar-refractivity contribution in [2.45, 2.75) is 39.2 Å². The number of fused-ring (bicyclic) bond motifs is 1. The van der Waals surface area contributed by atoms with Gasteiger partial charge in [0.05, 0.1) is 35.6 Å². The molecule has 0 saturated carbocycles. The van der Waals surface area contributed by atoms with Crippen molar-refractivity contribution in [3.8, 4) is 5.75 Å². The molecule has 36 heavy (non-hydrogen) atoms. The summed E-state index contributed by atoms with van der Waals surface area (Å²) in [4.78, 5) is 34.1. The van der Waals surface area contributed by atoms with Gasteiger partial charge in [0, 0.05) is 25.2 Å². The number of hydrogen-bond donors (Lipinski definition) is 0. The van der Waals surface area contributed by atoms with E-state index >= 15 is 0 Å². The molecule has 8 nitrogen and oxygen atoms in total. The molecule has 0 amide bonds. The standard InChI is InChI=1S/C27H29N3O5S/c1-4-34-26(32)23-17(2)28-27-30(24(23)18-8-10-19(33-3)11-9-18)25(31)21(36-27)16-20-12-13-22(35-20)29-14-6-5-7-15-29/h8-13,16,24H,4-7,14-15H2,1-3H3/b21-16+/t24-/m1/s1. The lowest BCUT2D eigenvalue weighted by Gasteiger charge is -2.25. The third kappa shape index (κ3) is 4.51. The molecule has 0 unspecified atom stereocenters. The third-order valence-corrected chi connectivity index (χ3v) is 7.49. The molecule has 4 heterocycles. The number of ether oxygens (including phenoxy) is 2. The molecule has 0 bridgehead atoms. The maximum absolute atomic E-state index is 13.7. The number of esters is 1. The fraction of sp³-hybridized carbons (Fsp3) is 0.370. The van der Waals surface area contributed by atoms with E-state index in [4.69, 9.17) is 13.9 Å². The van der Waals surface area contributed by atoms with Crippen molar-refractivity contribution in [2.75, 3.05) is 31.7 Å². The molecule has 2 aromatic heterocycles. The molecule has 9 heteroatoms. The van der Waals surface area contributed by atoms with E-state index in [0.717, 1.165) is 37.4 Å². The van der Waals surface area contributed by atoms with Crippen LogP contribution in [0.15, 0.2) is 61.9 Å². The molecule has 2 aliphatic rings. The quantitative estimate of drug-likeness (QED) is 0.476. The van der Waals surface area contributed by atoms with Gasteiger partial charge in [-0.25, -0.2) is 9.79 Å². The zero-order chi connectivity index (χ0) is 25.2. The largest absolute Gasteiger partial charge is 0.497 e. The third-order valence-electron chi connectivity index (χ3n) is 6.50. The monoisotopic (exact) mass is 507 g/mol. The van der Waals surface area contributed by atoms with Crippen LogP contribution in [0.2, 0.25) is 0 Å². The molecule has 0 N–H and O–H groups in total. The second-order valence-corrected chi connectivity index (χ2v) is 9.81. The van der Waals surface area contributed by atoms with E-state index in [2.05, 4.69) is 9.89 Å². The summed E-state index contributed by atoms with van der Waals surface area (Å²) in [7, 11) is 1.59. The summed E-state index contributed by atoms with van der Waals surface area (Å²) in [5.74, 6) is 1.64. The SMILES string of the molecule is CCOC(=O)C1=C(C)N=c2s/c(=C/c3ccc(N4CCCCC4)o3)c(=O)n2[C@@H]1c1ccc(OC)cc1. The maximum atomic E-state index is 13.7. The lowest BCUT2D eigenvalue weighted by molar-refractivity contribution is -0.139. The summed E-state index contributed by atoms with van der Waals surface area (Å²) in [6, 6.07) is 10.5. The minimum absolute atomic E-state index is 0.229. The molecule has 1 saturated heterocycles. The van der Waals surface area contributed by atoms with Gasteiger partial charge in [0.15, 0.2) is 10.7 Å². The summed E-state index contributed by atoms with van der Waals surface area (Å²) in [5.41, 5.74) is 1.43. The van der Waals surface area contributed by atoms with E-state index in [-0.39, 0.29) is 12.2 Å². The van der Waals surface area contributed by atoms with Crippen molar-refractivity contribution in [1.82, 2.24) is 4.57 Å². The van der Waals surface area contributed by atoms with Crippen molar-refractivity contribution < 1.29 is 18.7 Å². The van der Waals surface area contributed by atoms with E-state index in [0.29, 0.717) is 32.1 Å². The van der Waals surface area contributed by atoms with Gasteiger partial charge in [0.2, 0.25) is 0 Å². The summed E-state index contributed by atoms with van der Waals surface area (Å²) in [5, 5.41) is 0. The van der Waals surface area contributed by atoms with Crippen LogP contribution in [-0.4, -0.2) is 37.3 Å². The number of hydrogen-bond acceptors (Lipinski definition) is 8. The maximum Gasteiger partial charge on any atom is 0.338 e. The molecular formula is C27H29N3O5S. The highest BCUT2D eigenvalue weighted by atomic mass is 32.1. The van der Waals surface area contributed by atoms with Gasteiger partial charge in [-0.1, -0.05) is 23.5 Å². The van der Waals surface area contributed by atoms with Crippen LogP contribution in [0.1, 0.15) is 50.5 Å². The molecule has 3 aromatic rings. The van der Waals surface area contributed by atoms with E-state index in [9.17, 15) is 9.59 Å². The van der Waals surface area contributed by atoms with Crippen LogP contribution in [-0.2, 0) is 9.53 Å². The zero-order valence-electron chi connectivity index (χ0n) is 20.7. The number of benzene rings is 1. The Kier molecular flexibility index (Phi) is 6.82. The number of allylic oxidation sites excluding steroid dienone is 1. The van der Waals surface area contributed by atoms with Crippen LogP contribution < -0.4 is 24.5 Å². The predicted molar refractivity (Wildman–Crippen MR) is 138 cm³/mol. The van der Waals surface area contributed by atoms with Crippen LogP contribution >= 0.6 is 11.3 Å². The molecule has 1 atom stereocenters. The van der Waals surface area contributed by atoms with Crippen LogP contribution in [0.5, 0.6) is 5.75 Å². The second kappa shape index (κ2) is 10.2. The van der Waals surface area contributed by atoms with E-state index in [1.165, 1.54) is 17.8 Å². The van der Waals surface area contributed by atoms with Crippen molar-refractivity contribution in [3.05, 3.63) is 78.7 Å². The van der Waals surface area contributed by atoms with E-state index in [1.807, 2.05) is 36.4 Å². The molecule has 2 aliphatic heterocycles. The Morgan fingerprint density at radius 3 is 2.61 bits per heavy atom. The number of furan rings is 1. The number of carbonyl (C=O) groups excluding carboxylic acids is 1. The molecule has 1 aromatic carbocycles. The Bertz CT molecular complexity index is 1470. The molecule has 188 valence electrons. The first kappa shape index (κ1) is 24.1. The zero-order valence-corrected chi connectivity index (χ0v) is 21.5. The van der Waals surface area contributed by atoms with Crippen LogP contribution in [0.25, 0.3) is 6.08 Å². The average Bonchev–Trinajstić information content (AvgIpc) is 3.48. The first-order valence-electron chi connectivity index (χ1n) is 12.2. The van der Waals surface area contributed by atoms with Gasteiger partial charge in [-0.15, -0.1) is 0 Å². The lowest BCUT2D eigenvalue weighted by atomic mass is 9.96. The highest BCUT2D eigenvalue weighted by Crippen LogP contribution is 2.31. The highest BCUT2D eigenvalue weighted by molar-refractivity contribution is 7.07. The molecular weight excluding hydrogens is 478 g/mol. The van der Waals surface area contributed by atoms with Crippen molar-refractivity contribution in [3.63, 3.8) is 0 Å². The number of carbonyl (C=O) groups is 1. The molecule has 0 aliphatic carbocycles. The molecule has 5 rings (SSSR count). The summed E-state index contributed by atoms with van der Waals surface area (Å²) < 4.78 is 18.8. The fourth-order valence-electron chi connectivity index (χ4n) is 4.73. The summed E-state index contributed by atoms with van der Waals surface area (Å²) >= 11 is 1.28. The Morgan fingerprint density at radius 2 is 1.92 bits per heavy atom. The van der Waals surface area contributed by atoms with E-state index < -0.39 is 12.0 Å². The Hall–Kier alpha value is -3.59. The number of nitrogens with zero attached hydrogens (tertiary/aromatic N) is 3. The average molecular weight is 508 g/mol. The minimum Gasteiger partial charge on any atom is -0.497 e. The Balaban J connectivity index is 1.60. The molecule has 0 radical (unpaired) electrons. The summed E-state index contributed by atoms with van der Waals surface area (Å²) in [6.45, 7) is 5.72. The van der Waals surface area contributed by atoms with Crippen LogP contribution in [0.4, 0.5) is 5.88 Å². The van der Waals surface area contributed by atoms with Crippen LogP contribution in [0, 0.1) is 0 Å². The van der Waals surface area contributed by atoms with Gasteiger partial charge < -0.3 is 18.8 Å². The fourth-order valence-corrected chi connectivity index (χ4v) is 5.75. The van der Waals surface area contributed by atoms with Gasteiger partial charge in [0.25, 0.3) is 5.56 Å². The van der Waals surface area contributed by atoms with Gasteiger partial charge in [0.1, 0.15) is 11.5 Å². The number of thiazole rings is 1. The molecule has 1 fully saturated rings. The second-order valence-electron chi connectivity index (χ2n) is 8.80. The van der Waals surface area contributed by atoms with Gasteiger partial charge in [-0.05, 0) is 56.9 Å². The van der Waals surface area contributed by atoms with Gasteiger partial charge in [-0.3, -0.25) is 9.36 Å². The lowest BCUT2D eigenvalue weighted by Crippen LogP contribution is -2.39. The topological polar surface area (TPSA) is 86.3 Å². The highest BCUT2D eigenvalue weighted by Gasteiger charge is 2.33. The normalized spacial score (nSPS) is 18.1. The summed E-state index contributed by atoms with van der Waals surface area (Å²) in [6.07, 6.45) is 5.31. The Morgan fingerprint density at radius 1 is 1.17 bits per heavy atom. The van der Waals surface area contributed by atoms with Crippen molar-refractivity contribution in [2.24, 2.45) is 4.99 Å². The number of piperidine rings is 1. The van der Waals surface area contributed by atoms with E-state index in [1.54, 1.807) is 31.6 Å². The predicted octanol–water partition coefficient (Wildman–Crippen LogP) is 3.39. The Labute approximate surface area is 212 Å². The first-order valence-corrected chi connectivity index (χ1v) is 13.0. The number of rotatable bonds is 6. The van der Waals surface area contributed by atoms with Crippen molar-refractivity contribution >= 4 is 29.3 Å². The number of aromatic nitrogens is 1. The first-order chi connectivity index (χ1) is 17.5. The van der Waals surface area contributed by atoms with Crippen molar-refractivity contribution in [1.29, 1.82) is 0 Å². The number of methoxy groups -OCH3 is 1. The van der Waals surface area contributed by atoms with Gasteiger partial charge in [-0.2, -0.15) is 0 Å². The minimum atomic E-state index is -0.658.